The zero-order valence-corrected chi connectivity index (χ0v) is 18.8. The molecule has 4 aromatic rings. The fourth-order valence-electron chi connectivity index (χ4n) is 3.63. The van der Waals surface area contributed by atoms with E-state index in [1.807, 2.05) is 30.3 Å². The van der Waals surface area contributed by atoms with E-state index in [0.29, 0.717) is 22.2 Å². The summed E-state index contributed by atoms with van der Waals surface area (Å²) < 4.78 is 5.93. The van der Waals surface area contributed by atoms with E-state index in [0.717, 1.165) is 28.1 Å². The Kier molecular flexibility index (Phi) is 5.80. The molecule has 31 heavy (non-hydrogen) atoms. The van der Waals surface area contributed by atoms with Gasteiger partial charge in [0.1, 0.15) is 21.9 Å². The lowest BCUT2D eigenvalue weighted by Gasteiger charge is -2.13. The van der Waals surface area contributed by atoms with Crippen molar-refractivity contribution in [3.63, 3.8) is 0 Å². The Balaban J connectivity index is 1.32. The van der Waals surface area contributed by atoms with Crippen LogP contribution in [0.15, 0.2) is 59.9 Å². The van der Waals surface area contributed by atoms with E-state index < -0.39 is 0 Å². The Morgan fingerprint density at radius 2 is 2.03 bits per heavy atom. The fraction of sp³-hybridized carbons (Fsp3) is 0.174. The number of thioether (sulfide) groups is 1. The number of carbonyl (C=O) groups is 1. The fourth-order valence-corrected chi connectivity index (χ4v) is 5.93. The molecule has 156 valence electrons. The van der Waals surface area contributed by atoms with Crippen molar-refractivity contribution < 1.29 is 9.53 Å². The summed E-state index contributed by atoms with van der Waals surface area (Å²) in [6.07, 6.45) is 4.93. The first kappa shape index (κ1) is 20.3. The second kappa shape index (κ2) is 8.86. The van der Waals surface area contributed by atoms with Crippen LogP contribution in [0.3, 0.4) is 0 Å². The van der Waals surface area contributed by atoms with Crippen molar-refractivity contribution in [3.05, 3.63) is 70.3 Å². The number of amides is 1. The van der Waals surface area contributed by atoms with Crippen molar-refractivity contribution in [1.29, 1.82) is 0 Å². The molecule has 0 fully saturated rings. The number of thiophene rings is 1. The minimum Gasteiger partial charge on any atom is -0.455 e. The summed E-state index contributed by atoms with van der Waals surface area (Å²) >= 11 is 9.33. The van der Waals surface area contributed by atoms with Crippen molar-refractivity contribution in [1.82, 2.24) is 9.97 Å². The summed E-state index contributed by atoms with van der Waals surface area (Å²) in [7, 11) is 0. The van der Waals surface area contributed by atoms with Crippen LogP contribution in [0, 0.1) is 0 Å². The predicted molar refractivity (Wildman–Crippen MR) is 127 cm³/mol. The second-order valence-corrected chi connectivity index (χ2v) is 9.59. The van der Waals surface area contributed by atoms with Gasteiger partial charge in [0.15, 0.2) is 5.75 Å². The van der Waals surface area contributed by atoms with E-state index >= 15 is 0 Å². The normalized spacial score (nSPS) is 12.7. The van der Waals surface area contributed by atoms with Crippen LogP contribution in [-0.2, 0) is 17.6 Å². The van der Waals surface area contributed by atoms with Gasteiger partial charge in [-0.2, -0.15) is 0 Å². The number of aromatic nitrogens is 2. The highest BCUT2D eigenvalue weighted by molar-refractivity contribution is 8.00. The predicted octanol–water partition coefficient (Wildman–Crippen LogP) is 6.36. The largest absolute Gasteiger partial charge is 0.455 e. The summed E-state index contributed by atoms with van der Waals surface area (Å²) in [6, 6.07) is 14.6. The Labute approximate surface area is 192 Å². The molecule has 8 heteroatoms. The number of aryl methyl sites for hydroxylation is 2. The van der Waals surface area contributed by atoms with Crippen molar-refractivity contribution in [2.75, 3.05) is 11.1 Å². The molecule has 1 aliphatic rings. The number of nitrogens with one attached hydrogen (secondary N) is 1. The molecular weight excluding hydrogens is 450 g/mol. The number of anilines is 1. The molecule has 5 nitrogen and oxygen atoms in total. The highest BCUT2D eigenvalue weighted by Crippen LogP contribution is 2.40. The maximum Gasteiger partial charge on any atom is 0.234 e. The minimum atomic E-state index is -0.149. The molecule has 2 heterocycles. The van der Waals surface area contributed by atoms with E-state index in [1.54, 1.807) is 35.9 Å². The van der Waals surface area contributed by atoms with Crippen LogP contribution < -0.4 is 10.1 Å². The molecule has 5 rings (SSSR count). The van der Waals surface area contributed by atoms with Gasteiger partial charge in [-0.15, -0.1) is 11.3 Å². The lowest BCUT2D eigenvalue weighted by atomic mass is 10.2. The standard InChI is InChI=1S/C23H18ClN3O2S2/c24-14-9-10-18(29-15-5-2-1-3-6-15)17(11-14)27-20(28)12-30-22-21-16-7-4-8-19(16)31-23(21)26-13-25-22/h1-3,5-6,9-11,13H,4,7-8,12H2,(H,27,28). The average Bonchev–Trinajstić information content (AvgIpc) is 3.36. The number of hydrogen-bond donors (Lipinski definition) is 1. The van der Waals surface area contributed by atoms with Crippen molar-refractivity contribution >= 4 is 56.5 Å². The van der Waals surface area contributed by atoms with Gasteiger partial charge >= 0.3 is 0 Å². The van der Waals surface area contributed by atoms with E-state index in [9.17, 15) is 4.79 Å². The van der Waals surface area contributed by atoms with Gasteiger partial charge in [-0.3, -0.25) is 4.79 Å². The lowest BCUT2D eigenvalue weighted by molar-refractivity contribution is -0.113. The average molecular weight is 468 g/mol. The summed E-state index contributed by atoms with van der Waals surface area (Å²) in [4.78, 5) is 24.0. The van der Waals surface area contributed by atoms with Crippen molar-refractivity contribution in [3.8, 4) is 11.5 Å². The third-order valence-electron chi connectivity index (χ3n) is 4.99. The Morgan fingerprint density at radius 3 is 2.90 bits per heavy atom. The topological polar surface area (TPSA) is 64.1 Å². The van der Waals surface area contributed by atoms with Crippen LogP contribution in [0.2, 0.25) is 5.02 Å². The number of hydrogen-bond acceptors (Lipinski definition) is 6. The summed E-state index contributed by atoms with van der Waals surface area (Å²) in [6.45, 7) is 0. The van der Waals surface area contributed by atoms with Crippen LogP contribution >= 0.6 is 34.7 Å². The van der Waals surface area contributed by atoms with Gasteiger partial charge in [0.05, 0.1) is 11.4 Å². The first-order chi connectivity index (χ1) is 15.2. The molecule has 1 amide bonds. The minimum absolute atomic E-state index is 0.149. The van der Waals surface area contributed by atoms with E-state index in [4.69, 9.17) is 16.3 Å². The number of halogens is 1. The van der Waals surface area contributed by atoms with E-state index in [1.165, 1.54) is 28.6 Å². The highest BCUT2D eigenvalue weighted by atomic mass is 35.5. The monoisotopic (exact) mass is 467 g/mol. The molecule has 0 unspecified atom stereocenters. The van der Waals surface area contributed by atoms with Gasteiger partial charge in [0, 0.05) is 15.3 Å². The smallest absolute Gasteiger partial charge is 0.234 e. The van der Waals surface area contributed by atoms with Crippen LogP contribution in [0.25, 0.3) is 10.2 Å². The summed E-state index contributed by atoms with van der Waals surface area (Å²) in [5.41, 5.74) is 1.89. The molecule has 1 N–H and O–H groups in total. The first-order valence-corrected chi connectivity index (χ1v) is 12.1. The molecule has 0 saturated heterocycles. The number of fused-ring (bicyclic) bond motifs is 3. The van der Waals surface area contributed by atoms with Crippen molar-refractivity contribution in [2.45, 2.75) is 24.3 Å². The van der Waals surface area contributed by atoms with Gasteiger partial charge in [0.2, 0.25) is 5.91 Å². The molecule has 2 aromatic heterocycles. The summed E-state index contributed by atoms with van der Waals surface area (Å²) in [5, 5.41) is 5.44. The third-order valence-corrected chi connectivity index (χ3v) is 7.42. The number of nitrogens with zero attached hydrogens (tertiary/aromatic N) is 2. The number of benzene rings is 2. The summed E-state index contributed by atoms with van der Waals surface area (Å²) in [5.74, 6) is 1.30. The Hall–Kier alpha value is -2.61. The molecule has 2 aromatic carbocycles. The molecule has 0 radical (unpaired) electrons. The molecular formula is C23H18ClN3O2S2. The zero-order chi connectivity index (χ0) is 21.2. The Bertz CT molecular complexity index is 1260. The van der Waals surface area contributed by atoms with Crippen LogP contribution in [0.5, 0.6) is 11.5 Å². The van der Waals surface area contributed by atoms with Crippen LogP contribution in [-0.4, -0.2) is 21.6 Å². The molecule has 0 saturated carbocycles. The van der Waals surface area contributed by atoms with Crippen LogP contribution in [0.4, 0.5) is 5.69 Å². The molecule has 0 atom stereocenters. The zero-order valence-electron chi connectivity index (χ0n) is 16.4. The van der Waals surface area contributed by atoms with Gasteiger partial charge in [-0.25, -0.2) is 9.97 Å². The van der Waals surface area contributed by atoms with Gasteiger partial charge in [0.25, 0.3) is 0 Å². The SMILES string of the molecule is O=C(CSc1ncnc2sc3c(c12)CCC3)Nc1cc(Cl)ccc1Oc1ccccc1. The number of carbonyl (C=O) groups excluding carboxylic acids is 1. The Morgan fingerprint density at radius 1 is 1.16 bits per heavy atom. The quantitative estimate of drug-likeness (QED) is 0.264. The van der Waals surface area contributed by atoms with Gasteiger partial charge in [-0.05, 0) is 55.2 Å². The van der Waals surface area contributed by atoms with E-state index in [-0.39, 0.29) is 11.7 Å². The molecule has 1 aliphatic carbocycles. The second-order valence-electron chi connectivity index (χ2n) is 7.11. The van der Waals surface area contributed by atoms with Gasteiger partial charge in [-0.1, -0.05) is 41.6 Å². The highest BCUT2D eigenvalue weighted by Gasteiger charge is 2.21. The van der Waals surface area contributed by atoms with Gasteiger partial charge < -0.3 is 10.1 Å². The first-order valence-electron chi connectivity index (χ1n) is 9.88. The maximum absolute atomic E-state index is 12.7. The third kappa shape index (κ3) is 4.39. The molecule has 0 aliphatic heterocycles. The maximum atomic E-state index is 12.7. The number of ether oxygens (including phenoxy) is 1. The lowest BCUT2D eigenvalue weighted by Crippen LogP contribution is -2.14. The molecule has 0 bridgehead atoms. The number of para-hydroxylation sites is 1. The molecule has 0 spiro atoms. The van der Waals surface area contributed by atoms with Crippen molar-refractivity contribution in [2.24, 2.45) is 0 Å². The number of rotatable bonds is 6. The van der Waals surface area contributed by atoms with E-state index in [2.05, 4.69) is 15.3 Å². The van der Waals surface area contributed by atoms with Crippen LogP contribution in [0.1, 0.15) is 16.9 Å².